The fraction of sp³-hybridized carbons (Fsp3) is 0. The van der Waals surface area contributed by atoms with Gasteiger partial charge in [0.05, 0.1) is 0 Å². The molecule has 0 aromatic rings. The van der Waals surface area contributed by atoms with Gasteiger partial charge in [-0.2, -0.15) is 0 Å². The molecular formula is H7P5V. The van der Waals surface area contributed by atoms with E-state index in [0.29, 0.717) is 0 Å². The second-order valence-corrected chi connectivity index (χ2v) is 14.5. The molecule has 1 radical (unpaired) electrons. The van der Waals surface area contributed by atoms with Crippen LogP contribution in [0, 0.1) is 0 Å². The first-order valence-electron chi connectivity index (χ1n) is 1.03. The van der Waals surface area contributed by atoms with Crippen molar-refractivity contribution in [3.8, 4) is 0 Å². The van der Waals surface area contributed by atoms with E-state index in [-0.39, 0.29) is 25.5 Å². The van der Waals surface area contributed by atoms with Gasteiger partial charge in [0.15, 0.2) is 0 Å². The first-order chi connectivity index (χ1) is 2.27. The van der Waals surface area contributed by atoms with Crippen LogP contribution >= 0.6 is 41.7 Å². The van der Waals surface area contributed by atoms with E-state index in [0.717, 1.165) is 7.96 Å². The van der Waals surface area contributed by atoms with E-state index < -0.39 is 0 Å². The number of rotatable bonds is 1. The maximum atomic E-state index is 2.75. The van der Waals surface area contributed by atoms with Gasteiger partial charge in [-0.25, -0.2) is 0 Å². The Balaban J connectivity index is 0. The van der Waals surface area contributed by atoms with Crippen LogP contribution in [0.25, 0.3) is 0 Å². The largest absolute Gasteiger partial charge is 0.109 e. The van der Waals surface area contributed by atoms with E-state index in [2.05, 4.69) is 26.8 Å². The maximum Gasteiger partial charge on any atom is 0 e. The summed E-state index contributed by atoms with van der Waals surface area (Å²) in [6, 6.07) is 0. The molecule has 37 valence electrons. The Morgan fingerprint density at radius 2 is 1.50 bits per heavy atom. The van der Waals surface area contributed by atoms with E-state index >= 15 is 0 Å². The summed E-state index contributed by atoms with van der Waals surface area (Å²) in [5.41, 5.74) is 0. The van der Waals surface area contributed by atoms with Crippen molar-refractivity contribution < 1.29 is 18.6 Å². The average Bonchev–Trinajstić information content (AvgIpc) is 1.38. The van der Waals surface area contributed by atoms with E-state index in [4.69, 9.17) is 0 Å². The SMILES string of the molecule is PPP(P)P.[V]. The van der Waals surface area contributed by atoms with Crippen molar-refractivity contribution >= 4 is 41.7 Å². The normalized spacial score (nSPS) is 10.0. The zero-order chi connectivity index (χ0) is 4.28. The standard InChI is InChI=1S/H7P5.V/c1-4-5(2)3;/h4H,1-3H2;. The van der Waals surface area contributed by atoms with Gasteiger partial charge in [-0.05, 0) is 6.99 Å². The summed E-state index contributed by atoms with van der Waals surface area (Å²) >= 11 is 0. The summed E-state index contributed by atoms with van der Waals surface area (Å²) in [7, 11) is 9.24. The smallest absolute Gasteiger partial charge is 0 e. The van der Waals surface area contributed by atoms with Crippen molar-refractivity contribution in [1.29, 1.82) is 0 Å². The van der Waals surface area contributed by atoms with Crippen molar-refractivity contribution in [1.82, 2.24) is 0 Å². The fourth-order valence-corrected chi connectivity index (χ4v) is 0. The maximum absolute atomic E-state index is 2.75. The monoisotopic (exact) mass is 213 g/mol. The topological polar surface area (TPSA) is 0 Å². The second kappa shape index (κ2) is 7.73. The van der Waals surface area contributed by atoms with Crippen LogP contribution in [0.5, 0.6) is 0 Å². The Bertz CT molecular complexity index is 17.9. The van der Waals surface area contributed by atoms with Gasteiger partial charge in [0, 0.05) is 18.6 Å². The molecule has 0 aliphatic heterocycles. The summed E-state index contributed by atoms with van der Waals surface area (Å²) in [4.78, 5) is 0. The van der Waals surface area contributed by atoms with Crippen LogP contribution in [0.1, 0.15) is 0 Å². The molecule has 0 saturated carbocycles. The van der Waals surface area contributed by atoms with Gasteiger partial charge in [0.2, 0.25) is 0 Å². The zero-order valence-electron chi connectivity index (χ0n) is 3.13. The molecule has 0 bridgehead atoms. The molecule has 0 rings (SSSR count). The van der Waals surface area contributed by atoms with Gasteiger partial charge < -0.3 is 0 Å². The number of hydrogen-bond donors (Lipinski definition) is 0. The molecule has 0 aliphatic rings. The quantitative estimate of drug-likeness (QED) is 0.586. The van der Waals surface area contributed by atoms with Gasteiger partial charge in [0.1, 0.15) is 0 Å². The molecule has 0 nitrogen and oxygen atoms in total. The Morgan fingerprint density at radius 1 is 1.33 bits per heavy atom. The van der Waals surface area contributed by atoms with E-state index in [9.17, 15) is 0 Å². The minimum atomic E-state index is 0. The second-order valence-electron chi connectivity index (χ2n) is 0.536. The molecule has 0 heterocycles. The molecule has 6 heteroatoms. The van der Waals surface area contributed by atoms with Gasteiger partial charge in [-0.3, -0.25) is 0 Å². The molecule has 0 aromatic carbocycles. The molecule has 0 amide bonds. The van der Waals surface area contributed by atoms with Crippen LogP contribution in [0.2, 0.25) is 0 Å². The third-order valence-corrected chi connectivity index (χ3v) is 12.1. The minimum Gasteiger partial charge on any atom is -0.109 e. The molecule has 4 atom stereocenters. The summed E-state index contributed by atoms with van der Waals surface area (Å²) in [6.45, 7) is 0.226. The average molecular weight is 213 g/mol. The van der Waals surface area contributed by atoms with E-state index in [1.54, 1.807) is 0 Å². The Labute approximate surface area is 60.4 Å². The van der Waals surface area contributed by atoms with Gasteiger partial charge >= 0.3 is 0 Å². The number of hydrogen-bond acceptors (Lipinski definition) is 0. The van der Waals surface area contributed by atoms with Crippen LogP contribution in [-0.2, 0) is 18.6 Å². The van der Waals surface area contributed by atoms with E-state index in [1.807, 2.05) is 0 Å². The predicted molar refractivity (Wildman–Crippen MR) is 44.4 cm³/mol. The van der Waals surface area contributed by atoms with Gasteiger partial charge in [-0.1, -0.05) is 7.96 Å². The Morgan fingerprint density at radius 3 is 1.50 bits per heavy atom. The third kappa shape index (κ3) is 9.88. The molecule has 0 N–H and O–H groups in total. The molecule has 4 unspecified atom stereocenters. The molecular weight excluding hydrogens is 206 g/mol. The Hall–Kier alpha value is 2.73. The molecule has 6 heavy (non-hydrogen) atoms. The van der Waals surface area contributed by atoms with Crippen molar-refractivity contribution in [2.24, 2.45) is 0 Å². The summed E-state index contributed by atoms with van der Waals surface area (Å²) in [5.74, 6) is 0. The van der Waals surface area contributed by atoms with Crippen molar-refractivity contribution in [3.05, 3.63) is 0 Å². The van der Waals surface area contributed by atoms with Crippen LogP contribution < -0.4 is 0 Å². The predicted octanol–water partition coefficient (Wildman–Crippen LogP) is 2.43. The molecule has 0 aromatic heterocycles. The van der Waals surface area contributed by atoms with Crippen LogP contribution in [0.4, 0.5) is 0 Å². The van der Waals surface area contributed by atoms with Crippen LogP contribution in [-0.4, -0.2) is 0 Å². The molecule has 0 spiro atoms. The fourth-order valence-electron chi connectivity index (χ4n) is 0. The Kier molecular flexibility index (Phi) is 14.9. The summed E-state index contributed by atoms with van der Waals surface area (Å²) < 4.78 is 0. The minimum absolute atomic E-state index is 0. The molecule has 0 aliphatic carbocycles. The summed E-state index contributed by atoms with van der Waals surface area (Å²) in [6.07, 6.45) is 0. The summed E-state index contributed by atoms with van der Waals surface area (Å²) in [5, 5.41) is 0. The van der Waals surface area contributed by atoms with E-state index in [1.165, 1.54) is 0 Å². The van der Waals surface area contributed by atoms with Gasteiger partial charge in [-0.15, -0.1) is 26.8 Å². The molecule has 0 saturated heterocycles. The van der Waals surface area contributed by atoms with Crippen LogP contribution in [0.3, 0.4) is 0 Å². The first-order valence-corrected chi connectivity index (χ1v) is 9.26. The van der Waals surface area contributed by atoms with Crippen molar-refractivity contribution in [3.63, 3.8) is 0 Å². The van der Waals surface area contributed by atoms with Gasteiger partial charge in [0.25, 0.3) is 0 Å². The van der Waals surface area contributed by atoms with Crippen molar-refractivity contribution in [2.45, 2.75) is 0 Å². The van der Waals surface area contributed by atoms with Crippen LogP contribution in [0.15, 0.2) is 0 Å². The zero-order valence-corrected chi connectivity index (χ0v) is 9.88. The molecule has 0 fully saturated rings. The van der Waals surface area contributed by atoms with Crippen molar-refractivity contribution in [2.75, 3.05) is 0 Å². The third-order valence-electron chi connectivity index (χ3n) is 0.149. The first kappa shape index (κ1) is 11.5.